The molecule has 4 amide bonds. The minimum atomic E-state index is -1.42. The number of ether oxygens (including phenoxy) is 1. The van der Waals surface area contributed by atoms with Crippen molar-refractivity contribution in [2.45, 2.75) is 51.8 Å². The number of aromatic hydroxyl groups is 1. The highest BCUT2D eigenvalue weighted by Crippen LogP contribution is 2.29. The summed E-state index contributed by atoms with van der Waals surface area (Å²) in [7, 11) is 0. The van der Waals surface area contributed by atoms with E-state index in [1.165, 1.54) is 23.1 Å². The van der Waals surface area contributed by atoms with E-state index in [-0.39, 0.29) is 12.3 Å². The van der Waals surface area contributed by atoms with Gasteiger partial charge < -0.3 is 31.1 Å². The van der Waals surface area contributed by atoms with Gasteiger partial charge in [0.15, 0.2) is 0 Å². The van der Waals surface area contributed by atoms with E-state index >= 15 is 0 Å². The fourth-order valence-corrected chi connectivity index (χ4v) is 4.31. The number of hydrogen-bond acceptors (Lipinski definition) is 6. The van der Waals surface area contributed by atoms with Crippen molar-refractivity contribution < 1.29 is 29.0 Å². The van der Waals surface area contributed by atoms with E-state index in [1.807, 2.05) is 36.4 Å². The van der Waals surface area contributed by atoms with Crippen LogP contribution in [0, 0.1) is 6.92 Å². The second-order valence-electron chi connectivity index (χ2n) is 10.6. The Balaban J connectivity index is 2.04. The van der Waals surface area contributed by atoms with Crippen molar-refractivity contribution in [3.63, 3.8) is 0 Å². The van der Waals surface area contributed by atoms with Crippen molar-refractivity contribution in [1.82, 2.24) is 10.2 Å². The lowest BCUT2D eigenvalue weighted by molar-refractivity contribution is -0.141. The molecule has 216 valence electrons. The van der Waals surface area contributed by atoms with Crippen molar-refractivity contribution in [3.8, 4) is 5.75 Å². The molecule has 0 aliphatic heterocycles. The molecule has 0 spiro atoms. The number of carbonyl (C=O) groups excluding carboxylic acids is 4. The van der Waals surface area contributed by atoms with Crippen LogP contribution in [-0.2, 0) is 19.1 Å². The zero-order chi connectivity index (χ0) is 30.3. The number of nitrogens with one attached hydrogen (secondary N) is 2. The minimum absolute atomic E-state index is 0.0160. The van der Waals surface area contributed by atoms with E-state index in [2.05, 4.69) is 17.2 Å². The Kier molecular flexibility index (Phi) is 9.72. The van der Waals surface area contributed by atoms with Crippen LogP contribution >= 0.6 is 0 Å². The van der Waals surface area contributed by atoms with Gasteiger partial charge in [-0.05, 0) is 73.9 Å². The summed E-state index contributed by atoms with van der Waals surface area (Å²) >= 11 is 0. The molecule has 0 aliphatic carbocycles. The first kappa shape index (κ1) is 30.7. The average molecular weight is 561 g/mol. The summed E-state index contributed by atoms with van der Waals surface area (Å²) in [6.07, 6.45) is -0.0244. The number of phenols is 1. The summed E-state index contributed by atoms with van der Waals surface area (Å²) < 4.78 is 5.28. The Bertz CT molecular complexity index is 1460. The number of anilines is 1. The fourth-order valence-electron chi connectivity index (χ4n) is 4.31. The Hall–Kier alpha value is -4.86. The Labute approximate surface area is 239 Å². The van der Waals surface area contributed by atoms with Crippen molar-refractivity contribution in [3.05, 3.63) is 84.4 Å². The summed E-state index contributed by atoms with van der Waals surface area (Å²) in [5.41, 5.74) is 5.92. The Morgan fingerprint density at radius 1 is 1.05 bits per heavy atom. The van der Waals surface area contributed by atoms with Gasteiger partial charge >= 0.3 is 6.09 Å². The highest BCUT2D eigenvalue weighted by atomic mass is 16.6. The maximum atomic E-state index is 13.9. The number of nitrogens with zero attached hydrogens (tertiary/aromatic N) is 1. The van der Waals surface area contributed by atoms with Crippen molar-refractivity contribution in [1.29, 1.82) is 0 Å². The van der Waals surface area contributed by atoms with Crippen molar-refractivity contribution in [2.75, 3.05) is 11.9 Å². The highest BCUT2D eigenvalue weighted by Gasteiger charge is 2.36. The lowest BCUT2D eigenvalue weighted by Gasteiger charge is -2.33. The molecule has 2 atom stereocenters. The molecule has 3 rings (SSSR count). The zero-order valence-electron chi connectivity index (χ0n) is 23.6. The lowest BCUT2D eigenvalue weighted by Crippen LogP contribution is -2.53. The number of amides is 4. The summed E-state index contributed by atoms with van der Waals surface area (Å²) in [6.45, 7) is 10.2. The van der Waals surface area contributed by atoms with E-state index in [0.717, 1.165) is 10.8 Å². The standard InChI is InChI=1S/C31H36N4O6/c1-6-15-35(29(39)24(18-26(32)37)34-30(40)41-31(3,4)5)27(22-12-14-25(36)19(2)16-22)28(38)33-23-13-11-20-9-7-8-10-21(20)17-23/h6-14,16-17,24,27,36H,1,15,18H2,2-5H3,(H2,32,37)(H,33,38)(H,34,40). The number of rotatable bonds is 10. The molecule has 5 N–H and O–H groups in total. The van der Waals surface area contributed by atoms with Gasteiger partial charge in [-0.2, -0.15) is 0 Å². The van der Waals surface area contributed by atoms with Crippen LogP contribution in [0.4, 0.5) is 10.5 Å². The van der Waals surface area contributed by atoms with Gasteiger partial charge in [0.05, 0.1) is 6.42 Å². The quantitative estimate of drug-likeness (QED) is 0.271. The molecular formula is C31H36N4O6. The number of carbonyl (C=O) groups is 4. The number of hydrogen-bond donors (Lipinski definition) is 4. The average Bonchev–Trinajstić information content (AvgIpc) is 2.88. The van der Waals surface area contributed by atoms with Gasteiger partial charge in [-0.15, -0.1) is 6.58 Å². The number of alkyl carbamates (subject to hydrolysis) is 1. The van der Waals surface area contributed by atoms with E-state index in [0.29, 0.717) is 16.8 Å². The fraction of sp³-hybridized carbons (Fsp3) is 0.290. The van der Waals surface area contributed by atoms with Crippen LogP contribution in [0.3, 0.4) is 0 Å². The molecule has 41 heavy (non-hydrogen) atoms. The molecule has 0 saturated heterocycles. The van der Waals surface area contributed by atoms with Gasteiger partial charge in [-0.1, -0.05) is 42.5 Å². The summed E-state index contributed by atoms with van der Waals surface area (Å²) in [5, 5.41) is 17.3. The maximum absolute atomic E-state index is 13.9. The minimum Gasteiger partial charge on any atom is -0.508 e. The molecule has 0 fully saturated rings. The largest absolute Gasteiger partial charge is 0.508 e. The smallest absolute Gasteiger partial charge is 0.408 e. The van der Waals surface area contributed by atoms with E-state index in [9.17, 15) is 24.3 Å². The number of nitrogens with two attached hydrogens (primary N) is 1. The Morgan fingerprint density at radius 2 is 1.73 bits per heavy atom. The van der Waals surface area contributed by atoms with Crippen LogP contribution in [0.25, 0.3) is 10.8 Å². The van der Waals surface area contributed by atoms with Crippen LogP contribution in [0.5, 0.6) is 5.75 Å². The third-order valence-electron chi connectivity index (χ3n) is 6.12. The van der Waals surface area contributed by atoms with E-state index in [4.69, 9.17) is 10.5 Å². The third-order valence-corrected chi connectivity index (χ3v) is 6.12. The van der Waals surface area contributed by atoms with E-state index < -0.39 is 47.9 Å². The van der Waals surface area contributed by atoms with Gasteiger partial charge in [0, 0.05) is 12.2 Å². The zero-order valence-corrected chi connectivity index (χ0v) is 23.6. The first-order valence-electron chi connectivity index (χ1n) is 13.1. The predicted octanol–water partition coefficient (Wildman–Crippen LogP) is 4.32. The molecular weight excluding hydrogens is 524 g/mol. The maximum Gasteiger partial charge on any atom is 0.408 e. The first-order valence-corrected chi connectivity index (χ1v) is 13.1. The van der Waals surface area contributed by atoms with Crippen LogP contribution in [0.1, 0.15) is 44.4 Å². The number of benzene rings is 3. The second-order valence-corrected chi connectivity index (χ2v) is 10.6. The van der Waals surface area contributed by atoms with Crippen LogP contribution in [-0.4, -0.2) is 52.0 Å². The molecule has 0 radical (unpaired) electrons. The van der Waals surface area contributed by atoms with E-state index in [1.54, 1.807) is 39.8 Å². The van der Waals surface area contributed by atoms with Crippen LogP contribution in [0.2, 0.25) is 0 Å². The molecule has 0 bridgehead atoms. The van der Waals surface area contributed by atoms with Crippen LogP contribution < -0.4 is 16.4 Å². The van der Waals surface area contributed by atoms with Gasteiger partial charge in [-0.3, -0.25) is 14.4 Å². The first-order chi connectivity index (χ1) is 19.3. The molecule has 0 aliphatic rings. The van der Waals surface area contributed by atoms with Gasteiger partial charge in [0.1, 0.15) is 23.4 Å². The number of aryl methyl sites for hydroxylation is 1. The topological polar surface area (TPSA) is 151 Å². The molecule has 10 heteroatoms. The molecule has 10 nitrogen and oxygen atoms in total. The normalized spacial score (nSPS) is 12.6. The predicted molar refractivity (Wildman–Crippen MR) is 157 cm³/mol. The molecule has 2 unspecified atom stereocenters. The molecule has 0 saturated carbocycles. The summed E-state index contributed by atoms with van der Waals surface area (Å²) in [6, 6.07) is 15.0. The number of phenolic OH excluding ortho intramolecular Hbond substituents is 1. The lowest BCUT2D eigenvalue weighted by atomic mass is 9.99. The van der Waals surface area contributed by atoms with Crippen molar-refractivity contribution in [2.24, 2.45) is 5.73 Å². The number of fused-ring (bicyclic) bond motifs is 1. The van der Waals surface area contributed by atoms with Crippen molar-refractivity contribution >= 4 is 40.3 Å². The van der Waals surface area contributed by atoms with Gasteiger partial charge in [0.2, 0.25) is 11.8 Å². The summed E-state index contributed by atoms with van der Waals surface area (Å²) in [5.74, 6) is -2.13. The molecule has 3 aromatic carbocycles. The van der Waals surface area contributed by atoms with Gasteiger partial charge in [0.25, 0.3) is 5.91 Å². The Morgan fingerprint density at radius 3 is 2.34 bits per heavy atom. The second kappa shape index (κ2) is 13.0. The van der Waals surface area contributed by atoms with Gasteiger partial charge in [-0.25, -0.2) is 4.79 Å². The molecule has 3 aromatic rings. The third kappa shape index (κ3) is 8.31. The molecule has 0 aromatic heterocycles. The number of primary amides is 1. The van der Waals surface area contributed by atoms with Crippen LogP contribution in [0.15, 0.2) is 73.3 Å². The molecule has 0 heterocycles. The highest BCUT2D eigenvalue weighted by molar-refractivity contribution is 6.01. The summed E-state index contributed by atoms with van der Waals surface area (Å²) in [4.78, 5) is 53.5. The monoisotopic (exact) mass is 560 g/mol. The SMILES string of the molecule is C=CCN(C(=O)C(CC(N)=O)NC(=O)OC(C)(C)C)C(C(=O)Nc1ccc2ccccc2c1)c1ccc(O)c(C)c1.